The fraction of sp³-hybridized carbons (Fsp3) is 0.111. The maximum Gasteiger partial charge on any atom is 0.269 e. The minimum atomic E-state index is -1.06. The number of hydrogen-bond acceptors (Lipinski definition) is 6. The molecule has 1 atom stereocenters. The second-order valence-corrected chi connectivity index (χ2v) is 5.96. The molecule has 1 aromatic heterocycles. The van der Waals surface area contributed by atoms with Crippen molar-refractivity contribution in [2.24, 2.45) is 0 Å². The van der Waals surface area contributed by atoms with E-state index in [1.54, 1.807) is 24.3 Å². The molecule has 27 heavy (non-hydrogen) atoms. The number of carbonyl (C=O) groups excluding carboxylic acids is 3. The average Bonchev–Trinajstić information content (AvgIpc) is 3.28. The van der Waals surface area contributed by atoms with Crippen molar-refractivity contribution in [1.82, 2.24) is 25.5 Å². The summed E-state index contributed by atoms with van der Waals surface area (Å²) in [4.78, 5) is 39.5. The number of nitrogens with one attached hydrogen (secondary N) is 2. The third-order valence-electron chi connectivity index (χ3n) is 4.29. The Kier molecular flexibility index (Phi) is 4.17. The Labute approximate surface area is 153 Å². The lowest BCUT2D eigenvalue weighted by molar-refractivity contribution is -0.120. The van der Waals surface area contributed by atoms with E-state index in [4.69, 9.17) is 0 Å². The smallest absolute Gasteiger partial charge is 0.269 e. The van der Waals surface area contributed by atoms with Crippen molar-refractivity contribution in [3.8, 4) is 0 Å². The topological polar surface area (TPSA) is 121 Å². The second kappa shape index (κ2) is 6.79. The molecular weight excluding hydrogens is 348 g/mol. The SMILES string of the molecule is O=C(Nc1nn[nH]n1)C(Cc1ccccc1)N1C(=O)c2ccccc2C1=O. The van der Waals surface area contributed by atoms with Gasteiger partial charge >= 0.3 is 0 Å². The molecule has 1 unspecified atom stereocenters. The number of amides is 3. The lowest BCUT2D eigenvalue weighted by Gasteiger charge is -2.25. The lowest BCUT2D eigenvalue weighted by atomic mass is 10.0. The van der Waals surface area contributed by atoms with Gasteiger partial charge in [0.05, 0.1) is 11.1 Å². The third kappa shape index (κ3) is 3.06. The molecule has 9 nitrogen and oxygen atoms in total. The van der Waals surface area contributed by atoms with E-state index in [-0.39, 0.29) is 23.5 Å². The van der Waals surface area contributed by atoms with Crippen LogP contribution in [0.3, 0.4) is 0 Å². The van der Waals surface area contributed by atoms with Crippen molar-refractivity contribution in [3.05, 3.63) is 71.3 Å². The van der Waals surface area contributed by atoms with E-state index in [1.165, 1.54) is 0 Å². The molecule has 3 amide bonds. The van der Waals surface area contributed by atoms with Gasteiger partial charge in [0.2, 0.25) is 5.91 Å². The molecule has 0 spiro atoms. The van der Waals surface area contributed by atoms with E-state index in [2.05, 4.69) is 25.9 Å². The summed E-state index contributed by atoms with van der Waals surface area (Å²) in [7, 11) is 0. The summed E-state index contributed by atoms with van der Waals surface area (Å²) >= 11 is 0. The summed E-state index contributed by atoms with van der Waals surface area (Å²) < 4.78 is 0. The molecule has 2 heterocycles. The number of aromatic nitrogens is 4. The average molecular weight is 362 g/mol. The minimum Gasteiger partial charge on any atom is -0.290 e. The number of benzene rings is 2. The molecule has 0 saturated carbocycles. The van der Waals surface area contributed by atoms with Crippen LogP contribution >= 0.6 is 0 Å². The Morgan fingerprint density at radius 3 is 2.22 bits per heavy atom. The Morgan fingerprint density at radius 2 is 1.63 bits per heavy atom. The Hall–Kier alpha value is -3.88. The number of hydrogen-bond donors (Lipinski definition) is 2. The molecule has 0 aliphatic carbocycles. The van der Waals surface area contributed by atoms with Gasteiger partial charge in [-0.05, 0) is 22.9 Å². The molecule has 1 aliphatic heterocycles. The van der Waals surface area contributed by atoms with Crippen molar-refractivity contribution in [2.75, 3.05) is 5.32 Å². The molecular formula is C18H14N6O3. The summed E-state index contributed by atoms with van der Waals surface area (Å²) in [6.07, 6.45) is 0.163. The fourth-order valence-corrected chi connectivity index (χ4v) is 3.04. The van der Waals surface area contributed by atoms with Crippen molar-refractivity contribution in [3.63, 3.8) is 0 Å². The van der Waals surface area contributed by atoms with Gasteiger partial charge < -0.3 is 0 Å². The second-order valence-electron chi connectivity index (χ2n) is 5.96. The van der Waals surface area contributed by atoms with Crippen LogP contribution in [0.1, 0.15) is 26.3 Å². The number of H-pyrrole nitrogens is 1. The summed E-state index contributed by atoms with van der Waals surface area (Å²) in [5.74, 6) is -1.61. The highest BCUT2D eigenvalue weighted by Gasteiger charge is 2.42. The number of carbonyl (C=O) groups is 3. The van der Waals surface area contributed by atoms with Gasteiger partial charge in [-0.25, -0.2) is 0 Å². The molecule has 3 aromatic rings. The van der Waals surface area contributed by atoms with E-state index in [0.29, 0.717) is 0 Å². The standard InChI is InChI=1S/C18H14N6O3/c25-15(19-18-20-22-23-21-18)14(10-11-6-2-1-3-7-11)24-16(26)12-8-4-5-9-13(12)17(24)27/h1-9,14H,10H2,(H2,19,20,21,22,23,25). The van der Waals surface area contributed by atoms with Crippen LogP contribution in [0.25, 0.3) is 0 Å². The molecule has 0 saturated heterocycles. The maximum atomic E-state index is 12.9. The van der Waals surface area contributed by atoms with Gasteiger partial charge in [-0.15, -0.1) is 5.10 Å². The van der Waals surface area contributed by atoms with Crippen LogP contribution in [0.15, 0.2) is 54.6 Å². The first-order chi connectivity index (χ1) is 13.1. The van der Waals surface area contributed by atoms with Crippen LogP contribution in [-0.4, -0.2) is 49.3 Å². The van der Waals surface area contributed by atoms with Crippen LogP contribution in [-0.2, 0) is 11.2 Å². The molecule has 9 heteroatoms. The highest BCUT2D eigenvalue weighted by molar-refractivity contribution is 6.23. The Morgan fingerprint density at radius 1 is 1.00 bits per heavy atom. The Balaban J connectivity index is 1.68. The van der Waals surface area contributed by atoms with Crippen LogP contribution in [0.2, 0.25) is 0 Å². The molecule has 2 aromatic carbocycles. The number of imide groups is 1. The highest BCUT2D eigenvalue weighted by Crippen LogP contribution is 2.26. The number of anilines is 1. The number of aromatic amines is 1. The Bertz CT molecular complexity index is 968. The van der Waals surface area contributed by atoms with Crippen molar-refractivity contribution in [2.45, 2.75) is 12.5 Å². The highest BCUT2D eigenvalue weighted by atomic mass is 16.2. The minimum absolute atomic E-state index is 0.0327. The van der Waals surface area contributed by atoms with E-state index >= 15 is 0 Å². The number of fused-ring (bicyclic) bond motifs is 1. The number of rotatable bonds is 5. The zero-order valence-corrected chi connectivity index (χ0v) is 14.0. The zero-order chi connectivity index (χ0) is 18.8. The molecule has 1 aliphatic rings. The van der Waals surface area contributed by atoms with Crippen LogP contribution in [0, 0.1) is 0 Å². The summed E-state index contributed by atoms with van der Waals surface area (Å²) in [6, 6.07) is 14.6. The van der Waals surface area contributed by atoms with Crippen molar-refractivity contribution >= 4 is 23.7 Å². The molecule has 134 valence electrons. The molecule has 2 N–H and O–H groups in total. The van der Waals surface area contributed by atoms with Gasteiger partial charge in [-0.3, -0.25) is 24.6 Å². The quantitative estimate of drug-likeness (QED) is 0.654. The van der Waals surface area contributed by atoms with E-state index in [9.17, 15) is 14.4 Å². The van der Waals surface area contributed by atoms with Gasteiger partial charge in [-0.1, -0.05) is 47.6 Å². The summed E-state index contributed by atoms with van der Waals surface area (Å²) in [5.41, 5.74) is 1.38. The van der Waals surface area contributed by atoms with E-state index in [0.717, 1.165) is 10.5 Å². The van der Waals surface area contributed by atoms with Gasteiger partial charge in [0, 0.05) is 6.42 Å². The van der Waals surface area contributed by atoms with Crippen molar-refractivity contribution < 1.29 is 14.4 Å². The predicted octanol–water partition coefficient (Wildman–Crippen LogP) is 1.05. The summed E-state index contributed by atoms with van der Waals surface area (Å²) in [5, 5.41) is 15.5. The zero-order valence-electron chi connectivity index (χ0n) is 14.0. The van der Waals surface area contributed by atoms with Gasteiger partial charge in [0.25, 0.3) is 17.8 Å². The molecule has 0 fully saturated rings. The van der Waals surface area contributed by atoms with Gasteiger partial charge in [0.1, 0.15) is 6.04 Å². The fourth-order valence-electron chi connectivity index (χ4n) is 3.04. The third-order valence-corrected chi connectivity index (χ3v) is 4.29. The first kappa shape index (κ1) is 16.6. The van der Waals surface area contributed by atoms with Gasteiger partial charge in [0.15, 0.2) is 0 Å². The van der Waals surface area contributed by atoms with Crippen LogP contribution in [0.5, 0.6) is 0 Å². The monoisotopic (exact) mass is 362 g/mol. The van der Waals surface area contributed by atoms with Crippen LogP contribution in [0.4, 0.5) is 5.95 Å². The van der Waals surface area contributed by atoms with Crippen molar-refractivity contribution in [1.29, 1.82) is 0 Å². The largest absolute Gasteiger partial charge is 0.290 e. The van der Waals surface area contributed by atoms with E-state index < -0.39 is 23.8 Å². The number of tetrazole rings is 1. The first-order valence-electron chi connectivity index (χ1n) is 8.20. The normalized spacial score (nSPS) is 14.1. The molecule has 0 bridgehead atoms. The van der Waals surface area contributed by atoms with E-state index in [1.807, 2.05) is 30.3 Å². The predicted molar refractivity (Wildman–Crippen MR) is 93.7 cm³/mol. The first-order valence-corrected chi connectivity index (χ1v) is 8.20. The number of nitrogens with zero attached hydrogens (tertiary/aromatic N) is 4. The van der Waals surface area contributed by atoms with Crippen LogP contribution < -0.4 is 5.32 Å². The molecule has 4 rings (SSSR count). The summed E-state index contributed by atoms with van der Waals surface area (Å²) in [6.45, 7) is 0. The maximum absolute atomic E-state index is 12.9. The van der Waals surface area contributed by atoms with Gasteiger partial charge in [-0.2, -0.15) is 5.21 Å². The molecule has 0 radical (unpaired) electrons. The lowest BCUT2D eigenvalue weighted by Crippen LogP contribution is -2.48.